The smallest absolute Gasteiger partial charge is 0.310 e. The maximum absolute atomic E-state index is 11.4. The molecular formula is C12H23NO4. The first-order chi connectivity index (χ1) is 7.86. The zero-order valence-corrected chi connectivity index (χ0v) is 11.3. The topological polar surface area (TPSA) is 64.6 Å². The Morgan fingerprint density at radius 1 is 1.41 bits per heavy atom. The summed E-state index contributed by atoms with van der Waals surface area (Å²) in [5.74, 6) is -0.579. The molecule has 0 bridgehead atoms. The zero-order chi connectivity index (χ0) is 13.5. The number of hydrogen-bond donors (Lipinski definition) is 1. The van der Waals surface area contributed by atoms with Crippen LogP contribution in [-0.2, 0) is 19.1 Å². The second-order valence-corrected chi connectivity index (χ2v) is 4.99. The van der Waals surface area contributed by atoms with Crippen LogP contribution in [0.25, 0.3) is 0 Å². The summed E-state index contributed by atoms with van der Waals surface area (Å²) in [6.45, 7) is 7.99. The van der Waals surface area contributed by atoms with E-state index in [-0.39, 0.29) is 23.9 Å². The lowest BCUT2D eigenvalue weighted by atomic mass is 9.94. The first-order valence-corrected chi connectivity index (χ1v) is 5.75. The Kier molecular flexibility index (Phi) is 6.80. The van der Waals surface area contributed by atoms with Crippen LogP contribution in [0.15, 0.2) is 0 Å². The highest BCUT2D eigenvalue weighted by atomic mass is 16.5. The average Bonchev–Trinajstić information content (AvgIpc) is 2.26. The molecule has 5 nitrogen and oxygen atoms in total. The van der Waals surface area contributed by atoms with Crippen molar-refractivity contribution in [2.75, 3.05) is 13.7 Å². The summed E-state index contributed by atoms with van der Waals surface area (Å²) in [4.78, 5) is 21.9. The van der Waals surface area contributed by atoms with E-state index in [1.165, 1.54) is 7.11 Å². The molecule has 1 amide bonds. The third-order valence-electron chi connectivity index (χ3n) is 2.50. The highest BCUT2D eigenvalue weighted by Crippen LogP contribution is 2.21. The number of amides is 1. The molecular weight excluding hydrogens is 222 g/mol. The molecule has 0 aromatic carbocycles. The summed E-state index contributed by atoms with van der Waals surface area (Å²) in [6, 6.07) is 0. The number of nitrogens with one attached hydrogen (secondary N) is 1. The first kappa shape index (κ1) is 15.9. The van der Waals surface area contributed by atoms with Crippen molar-refractivity contribution in [1.82, 2.24) is 5.32 Å². The maximum Gasteiger partial charge on any atom is 0.310 e. The molecule has 0 radical (unpaired) electrons. The van der Waals surface area contributed by atoms with Crippen molar-refractivity contribution in [2.24, 2.45) is 11.3 Å². The van der Waals surface area contributed by atoms with Gasteiger partial charge >= 0.3 is 5.97 Å². The van der Waals surface area contributed by atoms with Crippen LogP contribution in [0.2, 0.25) is 0 Å². The van der Waals surface area contributed by atoms with E-state index in [1.807, 2.05) is 27.7 Å². The highest BCUT2D eigenvalue weighted by Gasteiger charge is 2.27. The van der Waals surface area contributed by atoms with Crippen LogP contribution in [-0.4, -0.2) is 32.3 Å². The van der Waals surface area contributed by atoms with Gasteiger partial charge in [0, 0.05) is 5.41 Å². The molecule has 1 N–H and O–H groups in total. The van der Waals surface area contributed by atoms with Gasteiger partial charge in [-0.2, -0.15) is 0 Å². The van der Waals surface area contributed by atoms with Crippen molar-refractivity contribution in [3.63, 3.8) is 0 Å². The molecule has 0 fully saturated rings. The van der Waals surface area contributed by atoms with Crippen molar-refractivity contribution in [3.8, 4) is 0 Å². The van der Waals surface area contributed by atoms with E-state index in [2.05, 4.69) is 10.1 Å². The molecule has 2 atom stereocenters. The van der Waals surface area contributed by atoms with E-state index in [1.54, 1.807) is 0 Å². The molecule has 0 spiro atoms. The number of esters is 1. The summed E-state index contributed by atoms with van der Waals surface area (Å²) in [7, 11) is 1.36. The number of carbonyl (C=O) groups excluding carboxylic acids is 2. The molecule has 0 aromatic heterocycles. The quantitative estimate of drug-likeness (QED) is 0.417. The molecule has 17 heavy (non-hydrogen) atoms. The summed E-state index contributed by atoms with van der Waals surface area (Å²) in [6.07, 6.45) is 0.832. The van der Waals surface area contributed by atoms with Gasteiger partial charge in [-0.1, -0.05) is 27.7 Å². The van der Waals surface area contributed by atoms with Crippen LogP contribution >= 0.6 is 0 Å². The summed E-state index contributed by atoms with van der Waals surface area (Å²) in [5, 5.41) is 2.60. The number of carbonyl (C=O) groups is 2. The van der Waals surface area contributed by atoms with Crippen LogP contribution in [0.1, 0.15) is 34.1 Å². The van der Waals surface area contributed by atoms with E-state index in [9.17, 15) is 9.59 Å². The van der Waals surface area contributed by atoms with Crippen LogP contribution in [0.3, 0.4) is 0 Å². The summed E-state index contributed by atoms with van der Waals surface area (Å²) < 4.78 is 10.3. The monoisotopic (exact) mass is 245 g/mol. The molecule has 1 unspecified atom stereocenters. The standard InChI is InChI=1S/C12H23NO4/c1-6-9(10(15)16-5)7-17-11(13-8-14)12(2,3)4/h8-9,11H,6-7H2,1-5H3,(H,13,14)/t9?,11-/m1/s1. The summed E-state index contributed by atoms with van der Waals surface area (Å²) in [5.41, 5.74) is -0.227. The molecule has 0 rings (SSSR count). The van der Waals surface area contributed by atoms with Gasteiger partial charge in [0.15, 0.2) is 0 Å². The summed E-state index contributed by atoms with van der Waals surface area (Å²) >= 11 is 0. The minimum Gasteiger partial charge on any atom is -0.469 e. The Morgan fingerprint density at radius 3 is 2.35 bits per heavy atom. The van der Waals surface area contributed by atoms with Crippen molar-refractivity contribution in [3.05, 3.63) is 0 Å². The number of methoxy groups -OCH3 is 1. The molecule has 0 saturated carbocycles. The lowest BCUT2D eigenvalue weighted by molar-refractivity contribution is -0.150. The van der Waals surface area contributed by atoms with Crippen molar-refractivity contribution in [1.29, 1.82) is 0 Å². The number of ether oxygens (including phenoxy) is 2. The minimum atomic E-state index is -0.418. The van der Waals surface area contributed by atoms with Gasteiger partial charge < -0.3 is 14.8 Å². The van der Waals surface area contributed by atoms with Gasteiger partial charge in [-0.05, 0) is 6.42 Å². The van der Waals surface area contributed by atoms with E-state index in [0.717, 1.165) is 0 Å². The normalized spacial score (nSPS) is 14.9. The van der Waals surface area contributed by atoms with Gasteiger partial charge in [-0.3, -0.25) is 9.59 Å². The van der Waals surface area contributed by atoms with Crippen LogP contribution in [0.4, 0.5) is 0 Å². The van der Waals surface area contributed by atoms with Gasteiger partial charge in [0.25, 0.3) is 0 Å². The zero-order valence-electron chi connectivity index (χ0n) is 11.3. The fourth-order valence-electron chi connectivity index (χ4n) is 1.34. The predicted molar refractivity (Wildman–Crippen MR) is 64.2 cm³/mol. The SMILES string of the molecule is CCC(CO[C@@H](NC=O)C(C)(C)C)C(=O)OC. The van der Waals surface area contributed by atoms with Crippen LogP contribution in [0, 0.1) is 11.3 Å². The first-order valence-electron chi connectivity index (χ1n) is 5.75. The van der Waals surface area contributed by atoms with Gasteiger partial charge in [0.2, 0.25) is 6.41 Å². The number of hydrogen-bond acceptors (Lipinski definition) is 4. The molecule has 100 valence electrons. The lowest BCUT2D eigenvalue weighted by Crippen LogP contribution is -2.43. The lowest BCUT2D eigenvalue weighted by Gasteiger charge is -2.30. The van der Waals surface area contributed by atoms with Gasteiger partial charge in [0.1, 0.15) is 6.23 Å². The van der Waals surface area contributed by atoms with Crippen LogP contribution < -0.4 is 5.32 Å². The molecule has 0 aromatic rings. The fraction of sp³-hybridized carbons (Fsp3) is 0.833. The third-order valence-corrected chi connectivity index (χ3v) is 2.50. The highest BCUT2D eigenvalue weighted by molar-refractivity contribution is 5.72. The average molecular weight is 245 g/mol. The van der Waals surface area contributed by atoms with E-state index >= 15 is 0 Å². The number of rotatable bonds is 7. The van der Waals surface area contributed by atoms with Gasteiger partial charge in [-0.15, -0.1) is 0 Å². The Bertz CT molecular complexity index is 247. The van der Waals surface area contributed by atoms with E-state index in [4.69, 9.17) is 4.74 Å². The molecule has 0 heterocycles. The largest absolute Gasteiger partial charge is 0.469 e. The van der Waals surface area contributed by atoms with E-state index in [0.29, 0.717) is 12.8 Å². The molecule has 5 heteroatoms. The Labute approximate surface area is 103 Å². The molecule has 0 aliphatic heterocycles. The van der Waals surface area contributed by atoms with Gasteiger partial charge in [0.05, 0.1) is 19.6 Å². The second kappa shape index (κ2) is 7.27. The molecule has 0 aliphatic rings. The second-order valence-electron chi connectivity index (χ2n) is 4.99. The van der Waals surface area contributed by atoms with Crippen molar-refractivity contribution >= 4 is 12.4 Å². The maximum atomic E-state index is 11.4. The van der Waals surface area contributed by atoms with E-state index < -0.39 is 6.23 Å². The van der Waals surface area contributed by atoms with Crippen molar-refractivity contribution < 1.29 is 19.1 Å². The van der Waals surface area contributed by atoms with Crippen LogP contribution in [0.5, 0.6) is 0 Å². The molecule has 0 saturated heterocycles. The Balaban J connectivity index is 4.37. The minimum absolute atomic E-state index is 0.227. The fourth-order valence-corrected chi connectivity index (χ4v) is 1.34. The Morgan fingerprint density at radius 2 is 2.00 bits per heavy atom. The third kappa shape index (κ3) is 5.68. The predicted octanol–water partition coefficient (Wildman–Crippen LogP) is 1.32. The van der Waals surface area contributed by atoms with Crippen molar-refractivity contribution in [2.45, 2.75) is 40.3 Å². The van der Waals surface area contributed by atoms with Gasteiger partial charge in [-0.25, -0.2) is 0 Å². The molecule has 0 aliphatic carbocycles. The Hall–Kier alpha value is -1.10.